The molecule has 22 heavy (non-hydrogen) atoms. The molecular weight excluding hydrogens is 283 g/mol. The number of carbonyl (C=O) groups is 2. The van der Waals surface area contributed by atoms with Crippen LogP contribution in [-0.2, 0) is 17.8 Å². The van der Waals surface area contributed by atoms with E-state index in [1.165, 1.54) is 18.2 Å². The van der Waals surface area contributed by atoms with Crippen LogP contribution in [-0.4, -0.2) is 22.9 Å². The second kappa shape index (κ2) is 4.66. The number of rotatable bonds is 1. The van der Waals surface area contributed by atoms with Crippen molar-refractivity contribution in [2.45, 2.75) is 19.0 Å². The van der Waals surface area contributed by atoms with Gasteiger partial charge in [0.25, 0.3) is 5.91 Å². The highest BCUT2D eigenvalue weighted by Crippen LogP contribution is 2.32. The number of nitrogens with zero attached hydrogens (tertiary/aromatic N) is 2. The van der Waals surface area contributed by atoms with Crippen molar-refractivity contribution in [1.29, 1.82) is 0 Å². The molecule has 2 aromatic carbocycles. The number of imide groups is 1. The summed E-state index contributed by atoms with van der Waals surface area (Å²) in [4.78, 5) is 27.8. The molecule has 0 unspecified atom stereocenters. The summed E-state index contributed by atoms with van der Waals surface area (Å²) in [5, 5.41) is 0. The van der Waals surface area contributed by atoms with E-state index in [0.29, 0.717) is 13.0 Å². The quantitative estimate of drug-likeness (QED) is 0.759. The molecule has 5 heteroatoms. The van der Waals surface area contributed by atoms with Gasteiger partial charge in [0, 0.05) is 13.0 Å². The molecule has 0 aromatic heterocycles. The zero-order valence-electron chi connectivity index (χ0n) is 11.7. The van der Waals surface area contributed by atoms with Gasteiger partial charge in [0.1, 0.15) is 11.9 Å². The standard InChI is InChI=1S/C17H13FN2O2/c18-13-6-3-7-14(9-13)20-16(21)15-8-11-4-1-2-5-12(11)10-19(15)17(20)22/h1-7,9,15H,8,10H2/t15-/m0/s1. The van der Waals surface area contributed by atoms with Crippen LogP contribution in [0.1, 0.15) is 11.1 Å². The summed E-state index contributed by atoms with van der Waals surface area (Å²) in [6.45, 7) is 0.414. The Labute approximate surface area is 126 Å². The normalized spacial score (nSPS) is 20.1. The maximum atomic E-state index is 13.4. The van der Waals surface area contributed by atoms with Crippen molar-refractivity contribution in [1.82, 2.24) is 4.90 Å². The number of amides is 3. The topological polar surface area (TPSA) is 40.6 Å². The minimum atomic E-state index is -0.495. The Hall–Kier alpha value is -2.69. The Morgan fingerprint density at radius 1 is 1.00 bits per heavy atom. The van der Waals surface area contributed by atoms with Gasteiger partial charge in [-0.1, -0.05) is 30.3 Å². The summed E-state index contributed by atoms with van der Waals surface area (Å²) >= 11 is 0. The van der Waals surface area contributed by atoms with Gasteiger partial charge in [0.2, 0.25) is 0 Å². The minimum Gasteiger partial charge on any atom is -0.307 e. The number of benzene rings is 2. The van der Waals surface area contributed by atoms with E-state index >= 15 is 0 Å². The van der Waals surface area contributed by atoms with E-state index in [0.717, 1.165) is 16.0 Å². The third-order valence-corrected chi connectivity index (χ3v) is 4.26. The Bertz CT molecular complexity index is 747. The summed E-state index contributed by atoms with van der Waals surface area (Å²) in [6.07, 6.45) is 0.507. The first-order valence-corrected chi connectivity index (χ1v) is 7.12. The lowest BCUT2D eigenvalue weighted by Gasteiger charge is -2.28. The first kappa shape index (κ1) is 13.0. The van der Waals surface area contributed by atoms with Crippen LogP contribution >= 0.6 is 0 Å². The summed E-state index contributed by atoms with van der Waals surface area (Å²) in [5.74, 6) is -0.753. The molecule has 0 saturated carbocycles. The Kier molecular flexibility index (Phi) is 2.76. The smallest absolute Gasteiger partial charge is 0.307 e. The molecule has 2 aliphatic rings. The van der Waals surface area contributed by atoms with Crippen LogP contribution in [0.3, 0.4) is 0 Å². The monoisotopic (exact) mass is 296 g/mol. The number of carbonyl (C=O) groups excluding carboxylic acids is 2. The van der Waals surface area contributed by atoms with E-state index in [-0.39, 0.29) is 17.6 Å². The van der Waals surface area contributed by atoms with Crippen LogP contribution in [0.5, 0.6) is 0 Å². The van der Waals surface area contributed by atoms with Crippen LogP contribution in [0, 0.1) is 5.82 Å². The second-order valence-corrected chi connectivity index (χ2v) is 5.55. The highest BCUT2D eigenvalue weighted by Gasteiger charge is 2.47. The molecule has 0 spiro atoms. The third kappa shape index (κ3) is 1.82. The van der Waals surface area contributed by atoms with Gasteiger partial charge in [-0.25, -0.2) is 14.1 Å². The SMILES string of the molecule is O=C1[C@@H]2Cc3ccccc3CN2C(=O)N1c1cccc(F)c1. The van der Waals surface area contributed by atoms with Crippen LogP contribution < -0.4 is 4.90 Å². The van der Waals surface area contributed by atoms with Gasteiger partial charge in [0.15, 0.2) is 0 Å². The zero-order valence-corrected chi connectivity index (χ0v) is 11.7. The van der Waals surface area contributed by atoms with E-state index in [1.54, 1.807) is 11.0 Å². The van der Waals surface area contributed by atoms with E-state index in [9.17, 15) is 14.0 Å². The van der Waals surface area contributed by atoms with E-state index < -0.39 is 11.9 Å². The van der Waals surface area contributed by atoms with Gasteiger partial charge in [-0.3, -0.25) is 4.79 Å². The van der Waals surface area contributed by atoms with Crippen molar-refractivity contribution in [2.75, 3.05) is 4.90 Å². The lowest BCUT2D eigenvalue weighted by atomic mass is 9.95. The predicted octanol–water partition coefficient (Wildman–Crippen LogP) is 2.72. The Balaban J connectivity index is 1.73. The fourth-order valence-electron chi connectivity index (χ4n) is 3.17. The van der Waals surface area contributed by atoms with E-state index in [2.05, 4.69) is 0 Å². The summed E-state index contributed by atoms with van der Waals surface area (Å²) in [5.41, 5.74) is 2.43. The van der Waals surface area contributed by atoms with Gasteiger partial charge in [-0.2, -0.15) is 0 Å². The molecule has 1 saturated heterocycles. The summed E-state index contributed by atoms with van der Waals surface area (Å²) in [6, 6.07) is 12.5. The largest absolute Gasteiger partial charge is 0.332 e. The highest BCUT2D eigenvalue weighted by atomic mass is 19.1. The molecule has 1 fully saturated rings. The average Bonchev–Trinajstić information content (AvgIpc) is 2.76. The number of hydrogen-bond donors (Lipinski definition) is 0. The maximum Gasteiger partial charge on any atom is 0.332 e. The fraction of sp³-hybridized carbons (Fsp3) is 0.176. The van der Waals surface area contributed by atoms with Gasteiger partial charge < -0.3 is 4.90 Å². The molecule has 0 radical (unpaired) electrons. The van der Waals surface area contributed by atoms with Crippen molar-refractivity contribution < 1.29 is 14.0 Å². The molecule has 0 N–H and O–H groups in total. The van der Waals surface area contributed by atoms with Crippen molar-refractivity contribution in [3.8, 4) is 0 Å². The lowest BCUT2D eigenvalue weighted by Crippen LogP contribution is -2.39. The fourth-order valence-corrected chi connectivity index (χ4v) is 3.17. The summed E-state index contributed by atoms with van der Waals surface area (Å²) in [7, 11) is 0. The highest BCUT2D eigenvalue weighted by molar-refractivity contribution is 6.21. The first-order valence-electron chi connectivity index (χ1n) is 7.12. The number of halogens is 1. The van der Waals surface area contributed by atoms with Gasteiger partial charge in [0.05, 0.1) is 5.69 Å². The van der Waals surface area contributed by atoms with Gasteiger partial charge in [-0.15, -0.1) is 0 Å². The average molecular weight is 296 g/mol. The molecule has 2 aromatic rings. The number of urea groups is 1. The Morgan fingerprint density at radius 3 is 2.55 bits per heavy atom. The third-order valence-electron chi connectivity index (χ3n) is 4.26. The van der Waals surface area contributed by atoms with Crippen LogP contribution in [0.25, 0.3) is 0 Å². The molecular formula is C17H13FN2O2. The number of anilines is 1. The second-order valence-electron chi connectivity index (χ2n) is 5.55. The minimum absolute atomic E-state index is 0.286. The molecule has 110 valence electrons. The Morgan fingerprint density at radius 2 is 1.77 bits per heavy atom. The molecule has 1 atom stereocenters. The number of hydrogen-bond acceptors (Lipinski definition) is 2. The van der Waals surface area contributed by atoms with E-state index in [4.69, 9.17) is 0 Å². The van der Waals surface area contributed by atoms with Crippen molar-refractivity contribution in [2.24, 2.45) is 0 Å². The maximum absolute atomic E-state index is 13.4. The van der Waals surface area contributed by atoms with Crippen molar-refractivity contribution in [3.63, 3.8) is 0 Å². The molecule has 0 aliphatic carbocycles. The molecule has 4 nitrogen and oxygen atoms in total. The van der Waals surface area contributed by atoms with Crippen LogP contribution in [0.4, 0.5) is 14.9 Å². The molecule has 4 rings (SSSR count). The first-order chi connectivity index (χ1) is 10.6. The zero-order chi connectivity index (χ0) is 15.3. The summed E-state index contributed by atoms with van der Waals surface area (Å²) < 4.78 is 13.4. The van der Waals surface area contributed by atoms with Gasteiger partial charge >= 0.3 is 6.03 Å². The van der Waals surface area contributed by atoms with Crippen LogP contribution in [0.2, 0.25) is 0 Å². The molecule has 3 amide bonds. The molecule has 0 bridgehead atoms. The van der Waals surface area contributed by atoms with E-state index in [1.807, 2.05) is 24.3 Å². The van der Waals surface area contributed by atoms with Crippen LogP contribution in [0.15, 0.2) is 48.5 Å². The number of fused-ring (bicyclic) bond motifs is 2. The lowest BCUT2D eigenvalue weighted by molar-refractivity contribution is -0.119. The molecule has 2 aliphatic heterocycles. The van der Waals surface area contributed by atoms with Gasteiger partial charge in [-0.05, 0) is 29.3 Å². The van der Waals surface area contributed by atoms with Crippen molar-refractivity contribution >= 4 is 17.6 Å². The predicted molar refractivity (Wildman–Crippen MR) is 78.8 cm³/mol. The molecule has 2 heterocycles. The van der Waals surface area contributed by atoms with Crippen molar-refractivity contribution in [3.05, 3.63) is 65.5 Å².